The van der Waals surface area contributed by atoms with E-state index in [1.807, 2.05) is 6.92 Å². The lowest BCUT2D eigenvalue weighted by atomic mass is 9.86. The van der Waals surface area contributed by atoms with Crippen LogP contribution in [0.5, 0.6) is 0 Å². The van der Waals surface area contributed by atoms with Gasteiger partial charge in [0.15, 0.2) is 6.10 Å². The standard InChI is InChI=1S/C22H28O8/c1-6-11(2)20(25)28-16-9-12(3)15(24)7-8-22(5)19(30-22)18-17(16)14(21(26)29-18)10-27-13(4)23/h6,9,15-16,18-19,24H,7-8,10H2,1-5H3. The third-order valence-electron chi connectivity index (χ3n) is 5.92. The van der Waals surface area contributed by atoms with Crippen molar-refractivity contribution in [3.8, 4) is 0 Å². The Balaban J connectivity index is 2.10. The number of aliphatic hydroxyl groups excluding tert-OH is 1. The second-order valence-electron chi connectivity index (χ2n) is 8.15. The number of fused-ring (bicyclic) bond motifs is 3. The number of carbonyl (C=O) groups excluding carboxylic acids is 3. The Morgan fingerprint density at radius 1 is 1.37 bits per heavy atom. The van der Waals surface area contributed by atoms with Crippen LogP contribution in [-0.2, 0) is 33.3 Å². The number of carbonyl (C=O) groups is 3. The molecule has 1 N–H and O–H groups in total. The normalized spacial score (nSPS) is 33.7. The van der Waals surface area contributed by atoms with E-state index in [9.17, 15) is 19.5 Å². The molecule has 0 aromatic rings. The van der Waals surface area contributed by atoms with E-state index >= 15 is 0 Å². The summed E-state index contributed by atoms with van der Waals surface area (Å²) in [5.41, 5.74) is 0.949. The molecule has 0 amide bonds. The molecule has 5 atom stereocenters. The molecule has 1 aliphatic carbocycles. The Hall–Kier alpha value is -2.45. The van der Waals surface area contributed by atoms with E-state index in [1.54, 1.807) is 32.9 Å². The number of rotatable bonds is 4. The van der Waals surface area contributed by atoms with Crippen LogP contribution in [0.3, 0.4) is 0 Å². The number of hydrogen-bond acceptors (Lipinski definition) is 8. The van der Waals surface area contributed by atoms with Crippen molar-refractivity contribution in [2.45, 2.75) is 77.5 Å². The maximum absolute atomic E-state index is 12.6. The minimum atomic E-state index is -0.976. The van der Waals surface area contributed by atoms with E-state index < -0.39 is 47.9 Å². The minimum Gasteiger partial charge on any atom is -0.461 e. The van der Waals surface area contributed by atoms with Crippen molar-refractivity contribution in [1.29, 1.82) is 0 Å². The van der Waals surface area contributed by atoms with Crippen molar-refractivity contribution in [3.63, 3.8) is 0 Å². The van der Waals surface area contributed by atoms with Gasteiger partial charge in [0, 0.05) is 18.1 Å². The maximum Gasteiger partial charge on any atom is 0.338 e. The third kappa shape index (κ3) is 4.34. The lowest BCUT2D eigenvalue weighted by Gasteiger charge is -2.25. The highest BCUT2D eigenvalue weighted by molar-refractivity contribution is 5.94. The molecule has 0 aromatic heterocycles. The third-order valence-corrected chi connectivity index (χ3v) is 5.92. The van der Waals surface area contributed by atoms with Crippen LogP contribution in [-0.4, -0.2) is 59.6 Å². The summed E-state index contributed by atoms with van der Waals surface area (Å²) >= 11 is 0. The zero-order valence-corrected chi connectivity index (χ0v) is 17.9. The lowest BCUT2D eigenvalue weighted by Crippen LogP contribution is -2.33. The molecular formula is C22H28O8. The first-order valence-electron chi connectivity index (χ1n) is 10.0. The highest BCUT2D eigenvalue weighted by Gasteiger charge is 2.61. The Bertz CT molecular complexity index is 851. The van der Waals surface area contributed by atoms with Crippen LogP contribution < -0.4 is 0 Å². The van der Waals surface area contributed by atoms with E-state index in [2.05, 4.69) is 0 Å². The molecule has 5 unspecified atom stereocenters. The zero-order valence-electron chi connectivity index (χ0n) is 17.9. The second-order valence-corrected chi connectivity index (χ2v) is 8.15. The van der Waals surface area contributed by atoms with E-state index in [4.69, 9.17) is 18.9 Å². The van der Waals surface area contributed by atoms with Gasteiger partial charge in [0.05, 0.1) is 17.3 Å². The molecular weight excluding hydrogens is 392 g/mol. The van der Waals surface area contributed by atoms with Crippen molar-refractivity contribution < 1.29 is 38.4 Å². The molecule has 164 valence electrons. The number of aliphatic hydroxyl groups is 1. The first-order valence-corrected chi connectivity index (χ1v) is 10.0. The highest BCUT2D eigenvalue weighted by Crippen LogP contribution is 2.49. The molecule has 8 heteroatoms. The van der Waals surface area contributed by atoms with Crippen molar-refractivity contribution >= 4 is 17.9 Å². The van der Waals surface area contributed by atoms with Crippen molar-refractivity contribution in [3.05, 3.63) is 34.4 Å². The zero-order chi connectivity index (χ0) is 22.2. The topological polar surface area (TPSA) is 112 Å². The van der Waals surface area contributed by atoms with Crippen molar-refractivity contribution in [1.82, 2.24) is 0 Å². The maximum atomic E-state index is 12.6. The summed E-state index contributed by atoms with van der Waals surface area (Å²) in [7, 11) is 0. The van der Waals surface area contributed by atoms with Crippen molar-refractivity contribution in [2.75, 3.05) is 6.61 Å². The fraction of sp³-hybridized carbons (Fsp3) is 0.591. The van der Waals surface area contributed by atoms with Crippen LogP contribution in [0.15, 0.2) is 34.4 Å². The molecule has 2 aliphatic heterocycles. The number of esters is 3. The summed E-state index contributed by atoms with van der Waals surface area (Å²) in [6, 6.07) is 0. The number of allylic oxidation sites excluding steroid dienone is 1. The molecule has 0 radical (unpaired) electrons. The average Bonchev–Trinajstić information content (AvgIpc) is 3.25. The predicted molar refractivity (Wildman–Crippen MR) is 105 cm³/mol. The number of hydrogen-bond donors (Lipinski definition) is 1. The molecule has 3 rings (SSSR count). The second kappa shape index (κ2) is 8.35. The van der Waals surface area contributed by atoms with Gasteiger partial charge >= 0.3 is 17.9 Å². The SMILES string of the molecule is CC=C(C)C(=O)OC1C=C(C)C(O)CCC2(C)OC2C2OC(=O)C(COC(C)=O)=C12. The largest absolute Gasteiger partial charge is 0.461 e. The van der Waals surface area contributed by atoms with Crippen LogP contribution in [0.25, 0.3) is 0 Å². The van der Waals surface area contributed by atoms with Crippen LogP contribution >= 0.6 is 0 Å². The smallest absolute Gasteiger partial charge is 0.338 e. The molecule has 3 aliphatic rings. The molecule has 0 bridgehead atoms. The van der Waals surface area contributed by atoms with Gasteiger partial charge in [0.25, 0.3) is 0 Å². The fourth-order valence-corrected chi connectivity index (χ4v) is 3.77. The monoisotopic (exact) mass is 420 g/mol. The van der Waals surface area contributed by atoms with Gasteiger partial charge in [0.1, 0.15) is 18.8 Å². The van der Waals surface area contributed by atoms with Gasteiger partial charge in [-0.05, 0) is 52.2 Å². The van der Waals surface area contributed by atoms with Gasteiger partial charge in [-0.25, -0.2) is 9.59 Å². The van der Waals surface area contributed by atoms with Crippen molar-refractivity contribution in [2.24, 2.45) is 0 Å². The quantitative estimate of drug-likeness (QED) is 0.241. The summed E-state index contributed by atoms with van der Waals surface area (Å²) in [6.45, 7) is 7.92. The van der Waals surface area contributed by atoms with Crippen LogP contribution in [0.1, 0.15) is 47.5 Å². The molecule has 0 aromatic carbocycles. The summed E-state index contributed by atoms with van der Waals surface area (Å²) in [4.78, 5) is 36.5. The summed E-state index contributed by atoms with van der Waals surface area (Å²) < 4.78 is 22.2. The molecule has 30 heavy (non-hydrogen) atoms. The average molecular weight is 420 g/mol. The Labute approximate surface area is 175 Å². The minimum absolute atomic E-state index is 0.128. The van der Waals surface area contributed by atoms with Gasteiger partial charge in [-0.2, -0.15) is 0 Å². The lowest BCUT2D eigenvalue weighted by molar-refractivity contribution is -0.143. The van der Waals surface area contributed by atoms with Crippen LogP contribution in [0.2, 0.25) is 0 Å². The molecule has 8 nitrogen and oxygen atoms in total. The molecule has 2 heterocycles. The molecule has 0 spiro atoms. The number of epoxide rings is 1. The first kappa shape index (κ1) is 22.2. The van der Waals surface area contributed by atoms with Gasteiger partial charge < -0.3 is 24.1 Å². The van der Waals surface area contributed by atoms with Crippen LogP contribution in [0.4, 0.5) is 0 Å². The van der Waals surface area contributed by atoms with Crippen LogP contribution in [0, 0.1) is 0 Å². The Morgan fingerprint density at radius 2 is 2.07 bits per heavy atom. The molecule has 1 saturated heterocycles. The van der Waals surface area contributed by atoms with Gasteiger partial charge in [-0.1, -0.05) is 6.08 Å². The Morgan fingerprint density at radius 3 is 2.70 bits per heavy atom. The predicted octanol–water partition coefficient (Wildman–Crippen LogP) is 1.91. The molecule has 0 saturated carbocycles. The first-order chi connectivity index (χ1) is 14.1. The summed E-state index contributed by atoms with van der Waals surface area (Å²) in [5, 5.41) is 10.5. The highest BCUT2D eigenvalue weighted by atomic mass is 16.6. The number of ether oxygens (including phenoxy) is 4. The van der Waals surface area contributed by atoms with Gasteiger partial charge in [-0.3, -0.25) is 4.79 Å². The van der Waals surface area contributed by atoms with Gasteiger partial charge in [0.2, 0.25) is 0 Å². The fourth-order valence-electron chi connectivity index (χ4n) is 3.77. The van der Waals surface area contributed by atoms with E-state index in [-0.39, 0.29) is 12.2 Å². The molecule has 1 fully saturated rings. The Kier molecular flexibility index (Phi) is 6.19. The van der Waals surface area contributed by atoms with Gasteiger partial charge in [-0.15, -0.1) is 0 Å². The summed E-state index contributed by atoms with van der Waals surface area (Å²) in [5.74, 6) is -1.74. The van der Waals surface area contributed by atoms with E-state index in [1.165, 1.54) is 6.92 Å². The summed E-state index contributed by atoms with van der Waals surface area (Å²) in [6.07, 6.45) is 1.35. The van der Waals surface area contributed by atoms with E-state index in [0.717, 1.165) is 0 Å². The van der Waals surface area contributed by atoms with E-state index in [0.29, 0.717) is 29.6 Å².